The van der Waals surface area contributed by atoms with Gasteiger partial charge in [0, 0.05) is 12.6 Å². The van der Waals surface area contributed by atoms with Gasteiger partial charge in [-0.3, -0.25) is 4.79 Å². The summed E-state index contributed by atoms with van der Waals surface area (Å²) in [5, 5.41) is 12.5. The molecule has 6 heteroatoms. The summed E-state index contributed by atoms with van der Waals surface area (Å²) in [7, 11) is 0. The number of aliphatic hydroxyl groups is 1. The molecule has 1 heterocycles. The first kappa shape index (κ1) is 14.4. The average molecular weight is 306 g/mol. The molecule has 112 valence electrons. The Hall–Kier alpha value is -1.53. The minimum absolute atomic E-state index is 0.0346. The molecule has 0 bridgehead atoms. The van der Waals surface area contributed by atoms with Crippen molar-refractivity contribution in [2.24, 2.45) is 5.92 Å². The molecule has 1 fully saturated rings. The molecule has 3 rings (SSSR count). The molecule has 5 nitrogen and oxygen atoms in total. The van der Waals surface area contributed by atoms with Gasteiger partial charge in [0.1, 0.15) is 5.52 Å². The van der Waals surface area contributed by atoms with Crippen LogP contribution in [0, 0.1) is 5.92 Å². The van der Waals surface area contributed by atoms with Gasteiger partial charge < -0.3 is 14.8 Å². The maximum atomic E-state index is 12.0. The Labute approximate surface area is 127 Å². The molecule has 1 aliphatic rings. The van der Waals surface area contributed by atoms with Gasteiger partial charge in [-0.15, -0.1) is 0 Å². The van der Waals surface area contributed by atoms with Crippen molar-refractivity contribution in [2.45, 2.75) is 30.5 Å². The van der Waals surface area contributed by atoms with E-state index < -0.39 is 0 Å². The SMILES string of the molecule is O=C(CSc1nc2ccccc2o1)NC(CCO)C1CC1. The highest BCUT2D eigenvalue weighted by atomic mass is 32.2. The van der Waals surface area contributed by atoms with Crippen LogP contribution in [-0.2, 0) is 4.79 Å². The van der Waals surface area contributed by atoms with E-state index in [1.54, 1.807) is 0 Å². The van der Waals surface area contributed by atoms with Crippen LogP contribution in [0.3, 0.4) is 0 Å². The van der Waals surface area contributed by atoms with Crippen molar-refractivity contribution in [2.75, 3.05) is 12.4 Å². The molecule has 0 spiro atoms. The maximum Gasteiger partial charge on any atom is 0.257 e. The molecule has 2 N–H and O–H groups in total. The Kier molecular flexibility index (Phi) is 4.45. The molecule has 1 aliphatic carbocycles. The molecule has 0 aliphatic heterocycles. The maximum absolute atomic E-state index is 12.0. The van der Waals surface area contributed by atoms with E-state index in [-0.39, 0.29) is 24.3 Å². The Morgan fingerprint density at radius 3 is 3.00 bits per heavy atom. The number of thioether (sulfide) groups is 1. The molecular weight excluding hydrogens is 288 g/mol. The third-order valence-electron chi connectivity index (χ3n) is 3.58. The molecular formula is C15H18N2O3S. The smallest absolute Gasteiger partial charge is 0.257 e. The lowest BCUT2D eigenvalue weighted by atomic mass is 10.1. The van der Waals surface area contributed by atoms with Crippen LogP contribution in [0.1, 0.15) is 19.3 Å². The third-order valence-corrected chi connectivity index (χ3v) is 4.41. The first-order chi connectivity index (χ1) is 10.3. The number of aliphatic hydroxyl groups excluding tert-OH is 1. The lowest BCUT2D eigenvalue weighted by Gasteiger charge is -2.16. The molecule has 1 unspecified atom stereocenters. The predicted octanol–water partition coefficient (Wildman–Crippen LogP) is 2.20. The number of fused-ring (bicyclic) bond motifs is 1. The highest BCUT2D eigenvalue weighted by Gasteiger charge is 2.31. The van der Waals surface area contributed by atoms with E-state index in [0.29, 0.717) is 17.6 Å². The van der Waals surface area contributed by atoms with Crippen molar-refractivity contribution in [1.29, 1.82) is 0 Å². The minimum Gasteiger partial charge on any atom is -0.431 e. The summed E-state index contributed by atoms with van der Waals surface area (Å²) >= 11 is 1.29. The van der Waals surface area contributed by atoms with Crippen LogP contribution in [0.15, 0.2) is 33.9 Å². The minimum atomic E-state index is -0.0346. The molecule has 1 atom stereocenters. The zero-order chi connectivity index (χ0) is 14.7. The van der Waals surface area contributed by atoms with E-state index in [2.05, 4.69) is 10.3 Å². The Morgan fingerprint density at radius 2 is 2.29 bits per heavy atom. The van der Waals surface area contributed by atoms with E-state index in [0.717, 1.165) is 23.9 Å². The number of benzene rings is 1. The number of carbonyl (C=O) groups is 1. The Balaban J connectivity index is 1.52. The van der Waals surface area contributed by atoms with E-state index in [9.17, 15) is 4.79 Å². The predicted molar refractivity (Wildman–Crippen MR) is 81.1 cm³/mol. The van der Waals surface area contributed by atoms with Gasteiger partial charge in [-0.2, -0.15) is 0 Å². The van der Waals surface area contributed by atoms with Crippen LogP contribution in [0.25, 0.3) is 11.1 Å². The second-order valence-electron chi connectivity index (χ2n) is 5.26. The number of rotatable bonds is 7. The highest BCUT2D eigenvalue weighted by molar-refractivity contribution is 7.99. The molecule has 21 heavy (non-hydrogen) atoms. The van der Waals surface area contributed by atoms with Crippen molar-refractivity contribution < 1.29 is 14.3 Å². The van der Waals surface area contributed by atoms with Gasteiger partial charge in [0.25, 0.3) is 5.22 Å². The summed E-state index contributed by atoms with van der Waals surface area (Å²) in [5.41, 5.74) is 1.54. The topological polar surface area (TPSA) is 75.4 Å². The van der Waals surface area contributed by atoms with Crippen molar-refractivity contribution in [1.82, 2.24) is 10.3 Å². The standard InChI is InChI=1S/C15H18N2O3S/c18-8-7-11(10-5-6-10)16-14(19)9-21-15-17-12-3-1-2-4-13(12)20-15/h1-4,10-11,18H,5-9H2,(H,16,19). The van der Waals surface area contributed by atoms with Crippen LogP contribution >= 0.6 is 11.8 Å². The molecule has 1 amide bonds. The number of amides is 1. The Morgan fingerprint density at radius 1 is 1.48 bits per heavy atom. The van der Waals surface area contributed by atoms with Gasteiger partial charge >= 0.3 is 0 Å². The van der Waals surface area contributed by atoms with E-state index in [4.69, 9.17) is 9.52 Å². The first-order valence-electron chi connectivity index (χ1n) is 7.15. The number of para-hydroxylation sites is 2. The number of nitrogens with zero attached hydrogens (tertiary/aromatic N) is 1. The summed E-state index contributed by atoms with van der Waals surface area (Å²) in [6.45, 7) is 0.111. The van der Waals surface area contributed by atoms with Crippen LogP contribution in [0.5, 0.6) is 0 Å². The van der Waals surface area contributed by atoms with Gasteiger partial charge in [-0.1, -0.05) is 23.9 Å². The monoisotopic (exact) mass is 306 g/mol. The fraction of sp³-hybridized carbons (Fsp3) is 0.467. The lowest BCUT2D eigenvalue weighted by molar-refractivity contribution is -0.119. The second-order valence-corrected chi connectivity index (χ2v) is 6.19. The number of nitrogens with one attached hydrogen (secondary N) is 1. The van der Waals surface area contributed by atoms with Crippen LogP contribution in [0.2, 0.25) is 0 Å². The summed E-state index contributed by atoms with van der Waals surface area (Å²) < 4.78 is 5.56. The largest absolute Gasteiger partial charge is 0.431 e. The molecule has 0 saturated heterocycles. The number of aromatic nitrogens is 1. The fourth-order valence-corrected chi connectivity index (χ4v) is 3.00. The van der Waals surface area contributed by atoms with E-state index in [1.807, 2.05) is 24.3 Å². The van der Waals surface area contributed by atoms with Crippen LogP contribution in [0.4, 0.5) is 0 Å². The molecule has 1 aromatic carbocycles. The van der Waals surface area contributed by atoms with E-state index in [1.165, 1.54) is 11.8 Å². The first-order valence-corrected chi connectivity index (χ1v) is 8.13. The molecule has 1 saturated carbocycles. The molecule has 2 aromatic rings. The summed E-state index contributed by atoms with van der Waals surface area (Å²) in [6, 6.07) is 7.64. The number of oxazole rings is 1. The van der Waals surface area contributed by atoms with Crippen LogP contribution < -0.4 is 5.32 Å². The fourth-order valence-electron chi connectivity index (χ4n) is 2.35. The summed E-state index contributed by atoms with van der Waals surface area (Å²) in [5.74, 6) is 0.782. The molecule has 1 aromatic heterocycles. The summed E-state index contributed by atoms with van der Waals surface area (Å²) in [6.07, 6.45) is 2.91. The highest BCUT2D eigenvalue weighted by Crippen LogP contribution is 2.34. The van der Waals surface area contributed by atoms with Crippen molar-refractivity contribution >= 4 is 28.8 Å². The summed E-state index contributed by atoms with van der Waals surface area (Å²) in [4.78, 5) is 16.3. The third kappa shape index (κ3) is 3.77. The van der Waals surface area contributed by atoms with E-state index >= 15 is 0 Å². The van der Waals surface area contributed by atoms with Crippen molar-refractivity contribution in [3.63, 3.8) is 0 Å². The quantitative estimate of drug-likeness (QED) is 0.767. The average Bonchev–Trinajstić information content (AvgIpc) is 3.24. The van der Waals surface area contributed by atoms with Crippen LogP contribution in [-0.4, -0.2) is 34.4 Å². The van der Waals surface area contributed by atoms with Crippen molar-refractivity contribution in [3.8, 4) is 0 Å². The lowest BCUT2D eigenvalue weighted by Crippen LogP contribution is -2.38. The van der Waals surface area contributed by atoms with Gasteiger partial charge in [-0.25, -0.2) is 4.98 Å². The zero-order valence-corrected chi connectivity index (χ0v) is 12.4. The van der Waals surface area contributed by atoms with Gasteiger partial charge in [0.05, 0.1) is 5.75 Å². The van der Waals surface area contributed by atoms with Gasteiger partial charge in [-0.05, 0) is 37.3 Å². The van der Waals surface area contributed by atoms with Crippen molar-refractivity contribution in [3.05, 3.63) is 24.3 Å². The number of hydrogen-bond donors (Lipinski definition) is 2. The second kappa shape index (κ2) is 6.49. The molecule has 0 radical (unpaired) electrons. The number of hydrogen-bond acceptors (Lipinski definition) is 5. The Bertz CT molecular complexity index is 591. The zero-order valence-electron chi connectivity index (χ0n) is 11.6. The van der Waals surface area contributed by atoms with Gasteiger partial charge in [0.15, 0.2) is 5.58 Å². The van der Waals surface area contributed by atoms with Gasteiger partial charge in [0.2, 0.25) is 5.91 Å². The normalized spacial score (nSPS) is 16.0. The number of carbonyl (C=O) groups excluding carboxylic acids is 1.